The summed E-state index contributed by atoms with van der Waals surface area (Å²) in [5, 5.41) is 1.60. The fourth-order valence-electron chi connectivity index (χ4n) is 7.61. The van der Waals surface area contributed by atoms with Gasteiger partial charge in [-0.25, -0.2) is 0 Å². The Bertz CT molecular complexity index is 1910. The molecule has 0 radical (unpaired) electrons. The second-order valence-corrected chi connectivity index (χ2v) is 14.2. The summed E-state index contributed by atoms with van der Waals surface area (Å²) in [6.07, 6.45) is 3.65. The summed E-state index contributed by atoms with van der Waals surface area (Å²) in [4.78, 5) is 45.4. The molecule has 3 heterocycles. The van der Waals surface area contributed by atoms with Crippen LogP contribution in [0.2, 0.25) is 5.02 Å². The molecule has 1 aliphatic carbocycles. The van der Waals surface area contributed by atoms with E-state index in [0.717, 1.165) is 39.7 Å². The van der Waals surface area contributed by atoms with Crippen molar-refractivity contribution in [2.75, 3.05) is 27.3 Å². The SMILES string of the molecule is COc1ccc(COC(=O)[C@H]2CCCC[C@H]2C(=O)N2CCc3c(Cl)ccc(OCc4nsc5ccccc45)c3C2N2CCCC2=O)c(OC)c1. The van der Waals surface area contributed by atoms with Crippen molar-refractivity contribution in [3.63, 3.8) is 0 Å². The molecular weight excluding hydrogens is 678 g/mol. The predicted octanol–water partition coefficient (Wildman–Crippen LogP) is 7.10. The van der Waals surface area contributed by atoms with Gasteiger partial charge in [-0.3, -0.25) is 14.4 Å². The minimum Gasteiger partial charge on any atom is -0.497 e. The number of rotatable bonds is 10. The number of esters is 1. The van der Waals surface area contributed by atoms with Crippen molar-refractivity contribution in [1.82, 2.24) is 14.2 Å². The highest BCUT2D eigenvalue weighted by atomic mass is 35.5. The zero-order valence-electron chi connectivity index (χ0n) is 28.2. The van der Waals surface area contributed by atoms with Gasteiger partial charge < -0.3 is 28.7 Å². The van der Waals surface area contributed by atoms with Gasteiger partial charge in [0.15, 0.2) is 0 Å². The Hall–Kier alpha value is -4.35. The maximum atomic E-state index is 14.7. The van der Waals surface area contributed by atoms with Crippen LogP contribution in [0.15, 0.2) is 54.6 Å². The smallest absolute Gasteiger partial charge is 0.310 e. The van der Waals surface area contributed by atoms with Gasteiger partial charge in [-0.2, -0.15) is 4.37 Å². The predicted molar refractivity (Wildman–Crippen MR) is 189 cm³/mol. The van der Waals surface area contributed by atoms with Crippen LogP contribution in [0.5, 0.6) is 17.2 Å². The maximum Gasteiger partial charge on any atom is 0.310 e. The molecule has 2 aliphatic heterocycles. The van der Waals surface area contributed by atoms with E-state index < -0.39 is 24.0 Å². The number of hydrogen-bond donors (Lipinski definition) is 0. The van der Waals surface area contributed by atoms with E-state index in [-0.39, 0.29) is 25.0 Å². The molecule has 2 amide bonds. The first-order valence-electron chi connectivity index (χ1n) is 17.1. The van der Waals surface area contributed by atoms with Crippen molar-refractivity contribution in [2.45, 2.75) is 64.3 Å². The fourth-order valence-corrected chi connectivity index (χ4v) is 8.65. The molecule has 0 spiro atoms. The highest BCUT2D eigenvalue weighted by molar-refractivity contribution is 7.13. The number of benzene rings is 3. The monoisotopic (exact) mass is 717 g/mol. The Morgan fingerprint density at radius 1 is 0.920 bits per heavy atom. The Labute approximate surface area is 300 Å². The number of halogens is 1. The lowest BCUT2D eigenvalue weighted by Gasteiger charge is -2.45. The summed E-state index contributed by atoms with van der Waals surface area (Å²) >= 11 is 8.24. The lowest BCUT2D eigenvalue weighted by atomic mass is 9.78. The van der Waals surface area contributed by atoms with Gasteiger partial charge in [0.05, 0.1) is 36.4 Å². The Balaban J connectivity index is 1.17. The molecule has 7 rings (SSSR count). The van der Waals surface area contributed by atoms with E-state index in [1.807, 2.05) is 36.4 Å². The van der Waals surface area contributed by atoms with Gasteiger partial charge in [0.25, 0.3) is 0 Å². The number of nitrogens with zero attached hydrogens (tertiary/aromatic N) is 3. The van der Waals surface area contributed by atoms with Gasteiger partial charge >= 0.3 is 5.97 Å². The molecule has 1 unspecified atom stereocenters. The van der Waals surface area contributed by atoms with Crippen LogP contribution in [0.25, 0.3) is 10.1 Å². The van der Waals surface area contributed by atoms with E-state index in [4.69, 9.17) is 30.5 Å². The van der Waals surface area contributed by atoms with Crippen molar-refractivity contribution in [1.29, 1.82) is 0 Å². The minimum atomic E-state index is -0.704. The summed E-state index contributed by atoms with van der Waals surface area (Å²) in [6, 6.07) is 17.0. The summed E-state index contributed by atoms with van der Waals surface area (Å²) in [5.74, 6) is -0.0174. The molecule has 262 valence electrons. The molecule has 1 aromatic heterocycles. The van der Waals surface area contributed by atoms with Gasteiger partial charge in [-0.15, -0.1) is 0 Å². The van der Waals surface area contributed by atoms with Crippen molar-refractivity contribution in [3.8, 4) is 17.2 Å². The van der Waals surface area contributed by atoms with Crippen molar-refractivity contribution in [2.24, 2.45) is 11.8 Å². The molecule has 0 N–H and O–H groups in total. The quantitative estimate of drug-likeness (QED) is 0.160. The third kappa shape index (κ3) is 6.60. The van der Waals surface area contributed by atoms with E-state index in [1.54, 1.807) is 42.2 Å². The van der Waals surface area contributed by atoms with E-state index >= 15 is 0 Å². The maximum absolute atomic E-state index is 14.7. The fraction of sp³-hybridized carbons (Fsp3) is 0.421. The molecule has 1 saturated heterocycles. The topological polar surface area (TPSA) is 108 Å². The van der Waals surface area contributed by atoms with Gasteiger partial charge in [0.2, 0.25) is 11.8 Å². The van der Waals surface area contributed by atoms with E-state index in [2.05, 4.69) is 4.37 Å². The van der Waals surface area contributed by atoms with Crippen molar-refractivity contribution in [3.05, 3.63) is 82.0 Å². The summed E-state index contributed by atoms with van der Waals surface area (Å²) in [6.45, 7) is 1.11. The standard InChI is InChI=1S/C38H40ClN3O7S/c1-46-24-14-13-23(32(20-24)47-2)21-49-38(45)26-9-4-3-8-25(26)37(44)42-19-17-27-29(39)15-16-31(35(27)36(42)41-18-7-12-34(41)43)48-22-30-28-10-5-6-11-33(28)50-40-30/h5-6,10-11,13-16,20,25-26,36H,3-4,7-9,12,17-19,21-22H2,1-2H3/t25-,26+,36?/m1/s1. The number of ether oxygens (including phenoxy) is 4. The molecule has 50 heavy (non-hydrogen) atoms. The number of amides is 2. The molecular formula is C38H40ClN3O7S. The molecule has 4 aromatic rings. The summed E-state index contributed by atoms with van der Waals surface area (Å²) < 4.78 is 28.8. The molecule has 2 fully saturated rings. The Morgan fingerprint density at radius 3 is 2.52 bits per heavy atom. The average Bonchev–Trinajstić information content (AvgIpc) is 3.78. The van der Waals surface area contributed by atoms with Crippen LogP contribution in [0.1, 0.15) is 67.1 Å². The van der Waals surface area contributed by atoms with Gasteiger partial charge in [-0.1, -0.05) is 42.6 Å². The van der Waals surface area contributed by atoms with Crippen LogP contribution < -0.4 is 14.2 Å². The van der Waals surface area contributed by atoms with Crippen LogP contribution >= 0.6 is 23.1 Å². The second-order valence-electron chi connectivity index (χ2n) is 13.0. The Morgan fingerprint density at radius 2 is 1.74 bits per heavy atom. The number of likely N-dealkylation sites (tertiary alicyclic amines) is 1. The molecule has 1 saturated carbocycles. The zero-order valence-corrected chi connectivity index (χ0v) is 29.8. The number of aromatic nitrogens is 1. The van der Waals surface area contributed by atoms with Crippen LogP contribution in [0, 0.1) is 11.8 Å². The second kappa shape index (κ2) is 14.9. The average molecular weight is 718 g/mol. The molecule has 0 bridgehead atoms. The summed E-state index contributed by atoms with van der Waals surface area (Å²) in [5.41, 5.74) is 3.13. The first-order valence-corrected chi connectivity index (χ1v) is 18.3. The van der Waals surface area contributed by atoms with Crippen LogP contribution in [0.4, 0.5) is 0 Å². The first-order chi connectivity index (χ1) is 24.4. The van der Waals surface area contributed by atoms with E-state index in [0.29, 0.717) is 73.0 Å². The third-order valence-corrected chi connectivity index (χ3v) is 11.4. The zero-order chi connectivity index (χ0) is 34.8. The highest BCUT2D eigenvalue weighted by Crippen LogP contribution is 2.45. The van der Waals surface area contributed by atoms with Gasteiger partial charge in [0.1, 0.15) is 36.6 Å². The summed E-state index contributed by atoms with van der Waals surface area (Å²) in [7, 11) is 3.13. The molecule has 3 aromatic carbocycles. The van der Waals surface area contributed by atoms with Crippen LogP contribution in [-0.4, -0.2) is 59.3 Å². The van der Waals surface area contributed by atoms with Crippen LogP contribution in [0.3, 0.4) is 0 Å². The van der Waals surface area contributed by atoms with Crippen molar-refractivity contribution < 1.29 is 33.3 Å². The lowest BCUT2D eigenvalue weighted by molar-refractivity contribution is -0.162. The highest BCUT2D eigenvalue weighted by Gasteiger charge is 2.46. The van der Waals surface area contributed by atoms with E-state index in [9.17, 15) is 14.4 Å². The first kappa shape index (κ1) is 34.1. The minimum absolute atomic E-state index is 0.0128. The number of carbonyl (C=O) groups is 3. The normalized spacial score (nSPS) is 20.5. The number of carbonyl (C=O) groups excluding carboxylic acids is 3. The molecule has 12 heteroatoms. The third-order valence-electron chi connectivity index (χ3n) is 10.2. The molecule has 3 aliphatic rings. The number of methoxy groups -OCH3 is 2. The Kier molecular flexibility index (Phi) is 10.1. The molecule has 10 nitrogen and oxygen atoms in total. The van der Waals surface area contributed by atoms with E-state index in [1.165, 1.54) is 11.5 Å². The largest absolute Gasteiger partial charge is 0.497 e. The van der Waals surface area contributed by atoms with Gasteiger partial charge in [-0.05, 0) is 73.1 Å². The number of fused-ring (bicyclic) bond motifs is 2. The lowest BCUT2D eigenvalue weighted by Crippen LogP contribution is -2.52. The van der Waals surface area contributed by atoms with Crippen molar-refractivity contribution >= 4 is 51.0 Å². The van der Waals surface area contributed by atoms with Crippen LogP contribution in [-0.2, 0) is 38.8 Å². The number of hydrogen-bond acceptors (Lipinski definition) is 9. The molecule has 3 atom stereocenters. The van der Waals surface area contributed by atoms with Gasteiger partial charge in [0, 0.05) is 47.1 Å².